The summed E-state index contributed by atoms with van der Waals surface area (Å²) in [6.07, 6.45) is -0.992. The molecule has 158 valence electrons. The fourth-order valence-corrected chi connectivity index (χ4v) is 3.00. The molecule has 1 aliphatic rings. The van der Waals surface area contributed by atoms with Gasteiger partial charge in [-0.2, -0.15) is 0 Å². The fourth-order valence-electron chi connectivity index (χ4n) is 3.00. The SMILES string of the molecule is CC(OC(=O)CCN1C(=O)COc2ccccc21)C(=O)Nc1ccc(N(C)C)cc1. The van der Waals surface area contributed by atoms with Gasteiger partial charge in [0.15, 0.2) is 12.7 Å². The normalized spacial score (nSPS) is 13.7. The Bertz CT molecular complexity index is 927. The van der Waals surface area contributed by atoms with Crippen LogP contribution in [0.25, 0.3) is 0 Å². The summed E-state index contributed by atoms with van der Waals surface area (Å²) in [5.74, 6) is -0.613. The van der Waals surface area contributed by atoms with Crippen molar-refractivity contribution in [2.45, 2.75) is 19.4 Å². The van der Waals surface area contributed by atoms with E-state index in [1.165, 1.54) is 11.8 Å². The summed E-state index contributed by atoms with van der Waals surface area (Å²) < 4.78 is 10.6. The number of anilines is 3. The van der Waals surface area contributed by atoms with E-state index < -0.39 is 18.0 Å². The third kappa shape index (κ3) is 5.08. The number of carbonyl (C=O) groups is 3. The predicted octanol–water partition coefficient (Wildman–Crippen LogP) is 2.44. The molecule has 2 aromatic carbocycles. The molecule has 0 bridgehead atoms. The van der Waals surface area contributed by atoms with Gasteiger partial charge in [-0.25, -0.2) is 0 Å². The van der Waals surface area contributed by atoms with Crippen molar-refractivity contribution >= 4 is 34.8 Å². The molecule has 8 heteroatoms. The molecule has 3 rings (SSSR count). The highest BCUT2D eigenvalue weighted by atomic mass is 16.5. The van der Waals surface area contributed by atoms with Crippen LogP contribution in [0.4, 0.5) is 17.1 Å². The van der Waals surface area contributed by atoms with Crippen LogP contribution in [0.1, 0.15) is 13.3 Å². The standard InChI is InChI=1S/C22H25N3O5/c1-15(22(28)23-16-8-10-17(11-9-16)24(2)3)30-21(27)12-13-25-18-6-4-5-7-19(18)29-14-20(25)26/h4-11,15H,12-14H2,1-3H3,(H,23,28). The van der Waals surface area contributed by atoms with Crippen LogP contribution in [-0.4, -0.2) is 51.1 Å². The average Bonchev–Trinajstić information content (AvgIpc) is 2.73. The molecule has 2 aromatic rings. The van der Waals surface area contributed by atoms with Gasteiger partial charge in [-0.15, -0.1) is 0 Å². The van der Waals surface area contributed by atoms with E-state index in [9.17, 15) is 14.4 Å². The van der Waals surface area contributed by atoms with Gasteiger partial charge in [-0.3, -0.25) is 14.4 Å². The van der Waals surface area contributed by atoms with E-state index in [-0.39, 0.29) is 25.5 Å². The van der Waals surface area contributed by atoms with Crippen LogP contribution in [0.3, 0.4) is 0 Å². The number of nitrogens with zero attached hydrogens (tertiary/aromatic N) is 2. The Kier molecular flexibility index (Phi) is 6.56. The summed E-state index contributed by atoms with van der Waals surface area (Å²) in [7, 11) is 3.86. The van der Waals surface area contributed by atoms with Crippen molar-refractivity contribution in [3.05, 3.63) is 48.5 Å². The zero-order chi connectivity index (χ0) is 21.7. The van der Waals surface area contributed by atoms with Crippen LogP contribution in [0.5, 0.6) is 5.75 Å². The minimum absolute atomic E-state index is 0.0325. The first-order valence-electron chi connectivity index (χ1n) is 9.65. The molecule has 8 nitrogen and oxygen atoms in total. The van der Waals surface area contributed by atoms with E-state index in [2.05, 4.69) is 5.32 Å². The van der Waals surface area contributed by atoms with Crippen molar-refractivity contribution in [1.29, 1.82) is 0 Å². The third-order valence-electron chi connectivity index (χ3n) is 4.68. The lowest BCUT2D eigenvalue weighted by atomic mass is 10.2. The van der Waals surface area contributed by atoms with Crippen molar-refractivity contribution in [1.82, 2.24) is 0 Å². The number of benzene rings is 2. The smallest absolute Gasteiger partial charge is 0.308 e. The first kappa shape index (κ1) is 21.2. The summed E-state index contributed by atoms with van der Waals surface area (Å²) >= 11 is 0. The first-order chi connectivity index (χ1) is 14.3. The van der Waals surface area contributed by atoms with Gasteiger partial charge in [-0.05, 0) is 43.3 Å². The summed E-state index contributed by atoms with van der Waals surface area (Å²) in [6, 6.07) is 14.5. The maximum Gasteiger partial charge on any atom is 0.308 e. The van der Waals surface area contributed by atoms with Crippen LogP contribution in [0, 0.1) is 0 Å². The quantitative estimate of drug-likeness (QED) is 0.704. The first-order valence-corrected chi connectivity index (χ1v) is 9.65. The van der Waals surface area contributed by atoms with E-state index in [0.717, 1.165) is 5.69 Å². The second kappa shape index (κ2) is 9.30. The molecule has 0 spiro atoms. The number of hydrogen-bond acceptors (Lipinski definition) is 6. The predicted molar refractivity (Wildman–Crippen MR) is 114 cm³/mol. The molecule has 1 N–H and O–H groups in total. The number of esters is 1. The number of rotatable bonds is 7. The number of nitrogens with one attached hydrogen (secondary N) is 1. The molecule has 2 amide bonds. The minimum Gasteiger partial charge on any atom is -0.482 e. The van der Waals surface area contributed by atoms with Gasteiger partial charge in [0.05, 0.1) is 12.1 Å². The Hall–Kier alpha value is -3.55. The van der Waals surface area contributed by atoms with Crippen LogP contribution < -0.4 is 19.9 Å². The van der Waals surface area contributed by atoms with Crippen molar-refractivity contribution < 1.29 is 23.9 Å². The van der Waals surface area contributed by atoms with Crippen LogP contribution in [-0.2, 0) is 19.1 Å². The molecule has 0 fully saturated rings. The monoisotopic (exact) mass is 411 g/mol. The maximum atomic E-state index is 12.3. The van der Waals surface area contributed by atoms with E-state index >= 15 is 0 Å². The molecule has 1 aliphatic heterocycles. The lowest BCUT2D eigenvalue weighted by Crippen LogP contribution is -2.40. The lowest BCUT2D eigenvalue weighted by Gasteiger charge is -2.29. The van der Waals surface area contributed by atoms with Crippen molar-refractivity contribution in [3.8, 4) is 5.75 Å². The lowest BCUT2D eigenvalue weighted by molar-refractivity contribution is -0.153. The largest absolute Gasteiger partial charge is 0.482 e. The van der Waals surface area contributed by atoms with Gasteiger partial charge in [-0.1, -0.05) is 12.1 Å². The van der Waals surface area contributed by atoms with E-state index in [1.807, 2.05) is 37.2 Å². The van der Waals surface area contributed by atoms with E-state index in [4.69, 9.17) is 9.47 Å². The van der Waals surface area contributed by atoms with Gasteiger partial charge in [0.2, 0.25) is 0 Å². The molecule has 30 heavy (non-hydrogen) atoms. The summed E-state index contributed by atoms with van der Waals surface area (Å²) in [5, 5.41) is 2.72. The molecule has 0 radical (unpaired) electrons. The summed E-state index contributed by atoms with van der Waals surface area (Å²) in [5.41, 5.74) is 2.24. The number of carbonyl (C=O) groups excluding carboxylic acids is 3. The Balaban J connectivity index is 1.51. The van der Waals surface area contributed by atoms with Gasteiger partial charge in [0.1, 0.15) is 5.75 Å². The highest BCUT2D eigenvalue weighted by Crippen LogP contribution is 2.31. The molecule has 1 atom stereocenters. The van der Waals surface area contributed by atoms with Crippen molar-refractivity contribution in [2.24, 2.45) is 0 Å². The molecule has 1 heterocycles. The Morgan fingerprint density at radius 2 is 1.87 bits per heavy atom. The number of hydrogen-bond donors (Lipinski definition) is 1. The van der Waals surface area contributed by atoms with E-state index in [1.54, 1.807) is 30.3 Å². The second-order valence-corrected chi connectivity index (χ2v) is 7.11. The topological polar surface area (TPSA) is 88.2 Å². The van der Waals surface area contributed by atoms with Crippen LogP contribution in [0.15, 0.2) is 48.5 Å². The molecule has 1 unspecified atom stereocenters. The molecule has 0 aliphatic carbocycles. The molecule has 0 aromatic heterocycles. The average molecular weight is 411 g/mol. The highest BCUT2D eigenvalue weighted by molar-refractivity contribution is 5.98. The number of para-hydroxylation sites is 2. The van der Waals surface area contributed by atoms with Gasteiger partial charge in [0, 0.05) is 32.0 Å². The number of fused-ring (bicyclic) bond motifs is 1. The number of ether oxygens (including phenoxy) is 2. The Morgan fingerprint density at radius 3 is 2.57 bits per heavy atom. The minimum atomic E-state index is -0.960. The Morgan fingerprint density at radius 1 is 1.17 bits per heavy atom. The van der Waals surface area contributed by atoms with Gasteiger partial charge in [0.25, 0.3) is 11.8 Å². The van der Waals surface area contributed by atoms with E-state index in [0.29, 0.717) is 17.1 Å². The van der Waals surface area contributed by atoms with Gasteiger partial charge >= 0.3 is 5.97 Å². The molecule has 0 saturated heterocycles. The van der Waals surface area contributed by atoms with Crippen molar-refractivity contribution in [2.75, 3.05) is 42.4 Å². The zero-order valence-electron chi connectivity index (χ0n) is 17.3. The van der Waals surface area contributed by atoms with Crippen LogP contribution in [0.2, 0.25) is 0 Å². The van der Waals surface area contributed by atoms with Gasteiger partial charge < -0.3 is 24.6 Å². The molecular weight excluding hydrogens is 386 g/mol. The third-order valence-corrected chi connectivity index (χ3v) is 4.68. The summed E-state index contributed by atoms with van der Waals surface area (Å²) in [6.45, 7) is 1.59. The Labute approximate surface area is 175 Å². The number of amides is 2. The fraction of sp³-hybridized carbons (Fsp3) is 0.318. The van der Waals surface area contributed by atoms with Crippen molar-refractivity contribution in [3.63, 3.8) is 0 Å². The molecular formula is C22H25N3O5. The van der Waals surface area contributed by atoms with Crippen LogP contribution >= 0.6 is 0 Å². The maximum absolute atomic E-state index is 12.3. The molecule has 0 saturated carbocycles. The summed E-state index contributed by atoms with van der Waals surface area (Å²) in [4.78, 5) is 40.1. The highest BCUT2D eigenvalue weighted by Gasteiger charge is 2.26. The second-order valence-electron chi connectivity index (χ2n) is 7.11. The zero-order valence-corrected chi connectivity index (χ0v) is 17.3.